The zero-order valence-corrected chi connectivity index (χ0v) is 11.7. The zero-order chi connectivity index (χ0) is 6.97. The predicted molar refractivity (Wildman–Crippen MR) is 36.1 cm³/mol. The number of nitrogens with zero attached hydrogens (tertiary/aromatic N) is 3. The maximum absolute atomic E-state index is 5.48. The van der Waals surface area contributed by atoms with E-state index in [-0.39, 0.29) is 75.4 Å². The molecule has 2 aromatic heterocycles. The van der Waals surface area contributed by atoms with Gasteiger partial charge < -0.3 is 34.7 Å². The fourth-order valence-corrected chi connectivity index (χ4v) is 0.784. The number of aromatic nitrogens is 4. The molecule has 5 nitrogen and oxygen atoms in total. The van der Waals surface area contributed by atoms with E-state index in [1.54, 1.807) is 0 Å². The number of rotatable bonds is 0. The van der Waals surface area contributed by atoms with Gasteiger partial charge in [0.15, 0.2) is 11.5 Å². The smallest absolute Gasteiger partial charge is 1.00 e. The summed E-state index contributed by atoms with van der Waals surface area (Å²) in [5.41, 5.74) is 6.78. The van der Waals surface area contributed by atoms with Gasteiger partial charge in [-0.05, 0) is 0 Å². The van der Waals surface area contributed by atoms with E-state index in [9.17, 15) is 0 Å². The monoisotopic (exact) mass is 301 g/mol. The van der Waals surface area contributed by atoms with Crippen molar-refractivity contribution >= 4 is 17.0 Å². The molecule has 0 saturated heterocycles. The third-order valence-corrected chi connectivity index (χ3v) is 1.25. The van der Waals surface area contributed by atoms with Gasteiger partial charge in [-0.1, -0.05) is 0 Å². The van der Waals surface area contributed by atoms with Crippen molar-refractivity contribution in [3.63, 3.8) is 0 Å². The first-order valence-electron chi connectivity index (χ1n) is 2.77. The van der Waals surface area contributed by atoms with Gasteiger partial charge in [0.2, 0.25) is 0 Å². The minimum absolute atomic E-state index is 0. The second-order valence-electron chi connectivity index (χ2n) is 1.86. The molecule has 12 heavy (non-hydrogen) atoms. The molecule has 0 fully saturated rings. The Labute approximate surface area is 128 Å². The Kier molecular flexibility index (Phi) is 5.77. The van der Waals surface area contributed by atoms with Crippen LogP contribution in [0.4, 0.5) is 5.82 Å². The molecule has 2 rings (SSSR count). The molecule has 7 heteroatoms. The van der Waals surface area contributed by atoms with Crippen LogP contribution in [0.15, 0.2) is 12.7 Å². The molecule has 0 saturated carbocycles. The molecule has 0 aliphatic carbocycles. The Morgan fingerprint density at radius 3 is 2.67 bits per heavy atom. The normalized spacial score (nSPS) is 8.67. The molecule has 0 unspecified atom stereocenters. The fraction of sp³-hybridized carbons (Fsp3) is 0. The van der Waals surface area contributed by atoms with Crippen molar-refractivity contribution in [2.45, 2.75) is 0 Å². The van der Waals surface area contributed by atoms with Crippen LogP contribution in [0.2, 0.25) is 0 Å². The zero-order valence-electron chi connectivity index (χ0n) is 6.45. The van der Waals surface area contributed by atoms with Gasteiger partial charge in [-0.3, -0.25) is 0 Å². The van der Waals surface area contributed by atoms with Gasteiger partial charge in [0, 0.05) is 0 Å². The first-order valence-corrected chi connectivity index (χ1v) is 2.77. The average molecular weight is 301 g/mol. The van der Waals surface area contributed by atoms with Crippen LogP contribution in [0.1, 0.15) is 0 Å². The van der Waals surface area contributed by atoms with Crippen molar-refractivity contribution in [1.82, 2.24) is 19.9 Å². The van der Waals surface area contributed by atoms with Crippen LogP contribution in [-0.2, 0) is 0 Å². The molecule has 58 valence electrons. The molecule has 0 aliphatic rings. The second kappa shape index (κ2) is 5.45. The van der Waals surface area contributed by atoms with E-state index in [1.807, 2.05) is 0 Å². The molecule has 0 spiro atoms. The number of aromatic amines is 1. The summed E-state index contributed by atoms with van der Waals surface area (Å²) in [5.74, 6) is 0.433. The molecule has 2 heterocycles. The van der Waals surface area contributed by atoms with E-state index in [0.717, 1.165) is 0 Å². The van der Waals surface area contributed by atoms with Crippen LogP contribution in [0.5, 0.6) is 0 Å². The number of nitrogens with one attached hydrogen (secondary N) is 1. The summed E-state index contributed by atoms with van der Waals surface area (Å²) in [7, 11) is 0. The second-order valence-corrected chi connectivity index (χ2v) is 1.86. The Bertz CT molecular complexity index is 361. The van der Waals surface area contributed by atoms with Crippen LogP contribution in [0, 0.1) is 0 Å². The van der Waals surface area contributed by atoms with Gasteiger partial charge in [0.05, 0.1) is 6.33 Å². The summed E-state index contributed by atoms with van der Waals surface area (Å²) >= 11 is 0. The molecule has 0 atom stereocenters. The average Bonchev–Trinajstić information content (AvgIpc) is 2.36. The Morgan fingerprint density at radius 2 is 2.00 bits per heavy atom. The number of halogens is 1. The number of hydrogen-bond acceptors (Lipinski definition) is 4. The van der Waals surface area contributed by atoms with E-state index in [0.29, 0.717) is 17.0 Å². The summed E-state index contributed by atoms with van der Waals surface area (Å²) in [6.45, 7) is 0. The molecule has 0 aliphatic heterocycles. The first-order chi connectivity index (χ1) is 4.88. The van der Waals surface area contributed by atoms with Crippen LogP contribution in [0.25, 0.3) is 11.2 Å². The molecule has 0 aromatic carbocycles. The molecule has 2 aromatic rings. The van der Waals surface area contributed by atoms with Gasteiger partial charge in [-0.15, -0.1) is 0 Å². The van der Waals surface area contributed by atoms with Crippen molar-refractivity contribution in [3.05, 3.63) is 12.7 Å². The summed E-state index contributed by atoms with van der Waals surface area (Å²) in [6.07, 6.45) is 2.92. The van der Waals surface area contributed by atoms with E-state index in [4.69, 9.17) is 5.73 Å². The third kappa shape index (κ3) is 2.36. The van der Waals surface area contributed by atoms with Crippen molar-refractivity contribution in [2.75, 3.05) is 5.73 Å². The largest absolute Gasteiger partial charge is 1.00 e. The van der Waals surface area contributed by atoms with Crippen LogP contribution >= 0.6 is 0 Å². The minimum atomic E-state index is 0. The van der Waals surface area contributed by atoms with Crippen molar-refractivity contribution < 1.29 is 75.4 Å². The van der Waals surface area contributed by atoms with Crippen LogP contribution in [0.3, 0.4) is 0 Å². The minimum Gasteiger partial charge on any atom is -1.00 e. The Hall–Kier alpha value is 0.716. The number of anilines is 1. The van der Waals surface area contributed by atoms with Crippen molar-refractivity contribution in [2.24, 2.45) is 0 Å². The van der Waals surface area contributed by atoms with Crippen molar-refractivity contribution in [3.8, 4) is 0 Å². The van der Waals surface area contributed by atoms with E-state index in [2.05, 4.69) is 19.9 Å². The van der Waals surface area contributed by atoms with Crippen LogP contribution < -0.4 is 81.1 Å². The van der Waals surface area contributed by atoms with E-state index < -0.39 is 0 Å². The van der Waals surface area contributed by atoms with Crippen molar-refractivity contribution in [1.29, 1.82) is 0 Å². The summed E-state index contributed by atoms with van der Waals surface area (Å²) in [5, 5.41) is 0. The van der Waals surface area contributed by atoms with Gasteiger partial charge >= 0.3 is 51.4 Å². The number of hydrogen-bond donors (Lipinski definition) is 2. The van der Waals surface area contributed by atoms with Gasteiger partial charge in [0.25, 0.3) is 0 Å². The van der Waals surface area contributed by atoms with Gasteiger partial charge in [-0.25, -0.2) is 15.0 Å². The summed E-state index contributed by atoms with van der Waals surface area (Å²) in [6, 6.07) is 0. The van der Waals surface area contributed by atoms with Gasteiger partial charge in [-0.2, -0.15) is 0 Å². The van der Waals surface area contributed by atoms with E-state index >= 15 is 0 Å². The third-order valence-electron chi connectivity index (χ3n) is 1.25. The molecule has 3 N–H and O–H groups in total. The predicted octanol–water partition coefficient (Wildman–Crippen LogP) is -6.06. The topological polar surface area (TPSA) is 80.5 Å². The number of fused-ring (bicyclic) bond motifs is 1. The first kappa shape index (κ1) is 12.7. The number of nitrogen functional groups attached to an aromatic ring is 1. The SMILES string of the molecule is Nc1ncnc2nc[nH]c12.[I-].[K+]. The Balaban J connectivity index is 0.000000605. The maximum Gasteiger partial charge on any atom is 1.00 e. The number of imidazole rings is 1. The van der Waals surface area contributed by atoms with Gasteiger partial charge in [0.1, 0.15) is 11.8 Å². The molecular formula is C5H5IKN5. The quantitative estimate of drug-likeness (QED) is 0.375. The van der Waals surface area contributed by atoms with Crippen LogP contribution in [-0.4, -0.2) is 19.9 Å². The molecular weight excluding hydrogens is 296 g/mol. The molecule has 0 bridgehead atoms. The summed E-state index contributed by atoms with van der Waals surface area (Å²) in [4.78, 5) is 14.4. The number of nitrogens with two attached hydrogens (primary N) is 1. The standard InChI is InChI=1S/C5H5N5.HI.K/c6-4-3-5(9-1-7-3)10-2-8-4;;/h1-2H,(H3,6,7,8,9,10);1H;/q;;+1/p-1. The summed E-state index contributed by atoms with van der Waals surface area (Å²) < 4.78 is 0. The molecule has 0 radical (unpaired) electrons. The number of H-pyrrole nitrogens is 1. The molecule has 0 amide bonds. The Morgan fingerprint density at radius 1 is 1.25 bits per heavy atom. The maximum atomic E-state index is 5.48. The van der Waals surface area contributed by atoms with E-state index in [1.165, 1.54) is 12.7 Å². The fourth-order valence-electron chi connectivity index (χ4n) is 0.784.